The first-order chi connectivity index (χ1) is 7.40. The number of pyridine rings is 1. The molecule has 1 rings (SSSR count). The number of primary amides is 2. The van der Waals surface area contributed by atoms with Gasteiger partial charge in [0.15, 0.2) is 5.75 Å². The molecule has 0 atom stereocenters. The second-order valence-corrected chi connectivity index (χ2v) is 2.92. The van der Waals surface area contributed by atoms with Crippen molar-refractivity contribution in [3.8, 4) is 5.75 Å². The summed E-state index contributed by atoms with van der Waals surface area (Å²) in [7, 11) is 0. The van der Waals surface area contributed by atoms with E-state index in [1.54, 1.807) is 0 Å². The number of aromatic nitrogens is 1. The second kappa shape index (κ2) is 4.03. The van der Waals surface area contributed by atoms with Crippen molar-refractivity contribution in [2.45, 2.75) is 6.61 Å². The highest BCUT2D eigenvalue weighted by Gasteiger charge is 2.23. The molecule has 0 aliphatic heterocycles. The van der Waals surface area contributed by atoms with E-state index < -0.39 is 46.6 Å². The Morgan fingerprint density at radius 3 is 2.19 bits per heavy atom. The lowest BCUT2D eigenvalue weighted by molar-refractivity contribution is 0.0960. The first-order valence-corrected chi connectivity index (χ1v) is 4.08. The number of nitrogens with one attached hydrogen (secondary N) is 1. The van der Waals surface area contributed by atoms with Gasteiger partial charge in [-0.3, -0.25) is 14.4 Å². The van der Waals surface area contributed by atoms with Crippen LogP contribution in [0.3, 0.4) is 0 Å². The SMILES string of the molecule is NC(=O)c1[nH]c(=O)c(O)c(CO)c1C(N)=O. The first-order valence-electron chi connectivity index (χ1n) is 4.08. The molecule has 86 valence electrons. The summed E-state index contributed by atoms with van der Waals surface area (Å²) in [4.78, 5) is 35.0. The smallest absolute Gasteiger partial charge is 0.291 e. The Balaban J connectivity index is 3.76. The maximum Gasteiger partial charge on any atom is 0.291 e. The molecule has 1 aromatic rings. The van der Waals surface area contributed by atoms with Crippen molar-refractivity contribution in [1.82, 2.24) is 4.98 Å². The molecule has 0 unspecified atom stereocenters. The lowest BCUT2D eigenvalue weighted by Gasteiger charge is -2.09. The Morgan fingerprint density at radius 1 is 1.25 bits per heavy atom. The Bertz CT molecular complexity index is 519. The van der Waals surface area contributed by atoms with Gasteiger partial charge in [0.05, 0.1) is 12.2 Å². The van der Waals surface area contributed by atoms with Crippen LogP contribution >= 0.6 is 0 Å². The van der Waals surface area contributed by atoms with Crippen LogP contribution in [0.1, 0.15) is 26.4 Å². The summed E-state index contributed by atoms with van der Waals surface area (Å²) in [6.45, 7) is -0.825. The minimum atomic E-state index is -1.10. The summed E-state index contributed by atoms with van der Waals surface area (Å²) in [6, 6.07) is 0. The van der Waals surface area contributed by atoms with Gasteiger partial charge in [0.25, 0.3) is 17.4 Å². The fraction of sp³-hybridized carbons (Fsp3) is 0.125. The number of hydrogen-bond acceptors (Lipinski definition) is 5. The van der Waals surface area contributed by atoms with Gasteiger partial charge in [0.2, 0.25) is 0 Å². The number of carbonyl (C=O) groups excluding carboxylic acids is 2. The lowest BCUT2D eigenvalue weighted by Crippen LogP contribution is -2.28. The van der Waals surface area contributed by atoms with Crippen molar-refractivity contribution in [3.63, 3.8) is 0 Å². The van der Waals surface area contributed by atoms with Crippen LogP contribution in [0.2, 0.25) is 0 Å². The van der Waals surface area contributed by atoms with Gasteiger partial charge >= 0.3 is 0 Å². The molecule has 0 saturated heterocycles. The molecule has 2 amide bonds. The number of nitrogens with two attached hydrogens (primary N) is 2. The number of hydrogen-bond donors (Lipinski definition) is 5. The van der Waals surface area contributed by atoms with Crippen molar-refractivity contribution in [2.24, 2.45) is 11.5 Å². The van der Waals surface area contributed by atoms with Crippen molar-refractivity contribution in [1.29, 1.82) is 0 Å². The van der Waals surface area contributed by atoms with E-state index in [1.807, 2.05) is 4.98 Å². The lowest BCUT2D eigenvalue weighted by atomic mass is 10.0. The van der Waals surface area contributed by atoms with Gasteiger partial charge in [-0.2, -0.15) is 0 Å². The maximum absolute atomic E-state index is 11.1. The van der Waals surface area contributed by atoms with Crippen LogP contribution < -0.4 is 17.0 Å². The molecule has 7 N–H and O–H groups in total. The van der Waals surface area contributed by atoms with Crippen LogP contribution in [0.5, 0.6) is 5.75 Å². The molecule has 0 aromatic carbocycles. The predicted octanol–water partition coefficient (Wildman–Crippen LogP) is -2.23. The largest absolute Gasteiger partial charge is 0.503 e. The van der Waals surface area contributed by atoms with Gasteiger partial charge in [0.1, 0.15) is 5.69 Å². The Morgan fingerprint density at radius 2 is 1.81 bits per heavy atom. The van der Waals surface area contributed by atoms with Crippen LogP contribution in [0.4, 0.5) is 0 Å². The third kappa shape index (κ3) is 1.73. The van der Waals surface area contributed by atoms with E-state index in [-0.39, 0.29) is 0 Å². The van der Waals surface area contributed by atoms with E-state index in [0.717, 1.165) is 0 Å². The van der Waals surface area contributed by atoms with Crippen LogP contribution in [-0.2, 0) is 6.61 Å². The minimum absolute atomic E-state index is 0.426. The summed E-state index contributed by atoms with van der Waals surface area (Å²) < 4.78 is 0. The molecule has 1 heterocycles. The minimum Gasteiger partial charge on any atom is -0.503 e. The summed E-state index contributed by atoms with van der Waals surface area (Å²) in [5.41, 5.74) is 7.37. The van der Waals surface area contributed by atoms with Gasteiger partial charge in [-0.15, -0.1) is 0 Å². The number of rotatable bonds is 3. The highest BCUT2D eigenvalue weighted by Crippen LogP contribution is 2.18. The van der Waals surface area contributed by atoms with E-state index in [2.05, 4.69) is 0 Å². The van der Waals surface area contributed by atoms with E-state index in [1.165, 1.54) is 0 Å². The molecule has 0 spiro atoms. The third-order valence-electron chi connectivity index (χ3n) is 1.94. The normalized spacial score (nSPS) is 10.1. The topological polar surface area (TPSA) is 160 Å². The van der Waals surface area contributed by atoms with Crippen LogP contribution in [-0.4, -0.2) is 27.0 Å². The van der Waals surface area contributed by atoms with Gasteiger partial charge in [0, 0.05) is 5.56 Å². The zero-order valence-electron chi connectivity index (χ0n) is 7.98. The summed E-state index contributed by atoms with van der Waals surface area (Å²) in [6.07, 6.45) is 0. The maximum atomic E-state index is 11.1. The van der Waals surface area contributed by atoms with Crippen molar-refractivity contribution in [3.05, 3.63) is 27.2 Å². The summed E-state index contributed by atoms with van der Waals surface area (Å²) >= 11 is 0. The molecular formula is C8H9N3O5. The first kappa shape index (κ1) is 11.7. The van der Waals surface area contributed by atoms with E-state index in [4.69, 9.17) is 16.6 Å². The van der Waals surface area contributed by atoms with Crippen molar-refractivity contribution in [2.75, 3.05) is 0 Å². The highest BCUT2D eigenvalue weighted by molar-refractivity contribution is 6.06. The predicted molar refractivity (Wildman–Crippen MR) is 51.7 cm³/mol. The molecule has 16 heavy (non-hydrogen) atoms. The molecule has 0 saturated carbocycles. The molecule has 0 aliphatic carbocycles. The molecule has 0 bridgehead atoms. The molecular weight excluding hydrogens is 218 g/mol. The molecule has 8 heteroatoms. The number of aromatic hydroxyl groups is 1. The summed E-state index contributed by atoms with van der Waals surface area (Å²) in [5, 5.41) is 18.2. The number of aliphatic hydroxyl groups is 1. The van der Waals surface area contributed by atoms with Crippen LogP contribution in [0.15, 0.2) is 4.79 Å². The number of amides is 2. The number of carbonyl (C=O) groups is 2. The van der Waals surface area contributed by atoms with Gasteiger partial charge in [-0.25, -0.2) is 0 Å². The molecule has 1 aromatic heterocycles. The molecule has 0 radical (unpaired) electrons. The molecule has 0 fully saturated rings. The van der Waals surface area contributed by atoms with E-state index in [0.29, 0.717) is 0 Å². The average molecular weight is 227 g/mol. The average Bonchev–Trinajstić information content (AvgIpc) is 2.20. The van der Waals surface area contributed by atoms with Crippen LogP contribution in [0, 0.1) is 0 Å². The van der Waals surface area contributed by atoms with Crippen LogP contribution in [0.25, 0.3) is 0 Å². The quantitative estimate of drug-likeness (QED) is 0.394. The van der Waals surface area contributed by atoms with Gasteiger partial charge < -0.3 is 26.7 Å². The second-order valence-electron chi connectivity index (χ2n) is 2.92. The Labute approximate surface area is 88.5 Å². The number of aliphatic hydroxyl groups excluding tert-OH is 1. The standard InChI is InChI=1S/C8H9N3O5/c9-6(14)3-2(1-12)5(13)8(16)11-4(3)7(10)15/h12-13H,1H2,(H2,9,14)(H2,10,15)(H,11,16). The fourth-order valence-electron chi connectivity index (χ4n) is 1.25. The third-order valence-corrected chi connectivity index (χ3v) is 1.94. The fourth-order valence-corrected chi connectivity index (χ4v) is 1.25. The van der Waals surface area contributed by atoms with E-state index >= 15 is 0 Å². The van der Waals surface area contributed by atoms with Crippen molar-refractivity contribution >= 4 is 11.8 Å². The molecule has 8 nitrogen and oxygen atoms in total. The number of H-pyrrole nitrogens is 1. The zero-order valence-corrected chi connectivity index (χ0v) is 7.98. The summed E-state index contributed by atoms with van der Waals surface area (Å²) in [5.74, 6) is -3.06. The van der Waals surface area contributed by atoms with Gasteiger partial charge in [-0.05, 0) is 0 Å². The Hall–Kier alpha value is -2.35. The zero-order chi connectivity index (χ0) is 12.5. The Kier molecular flexibility index (Phi) is 2.95. The van der Waals surface area contributed by atoms with Gasteiger partial charge in [-0.1, -0.05) is 0 Å². The highest BCUT2D eigenvalue weighted by atomic mass is 16.3. The molecule has 0 aliphatic rings. The monoisotopic (exact) mass is 227 g/mol. The number of aromatic amines is 1. The van der Waals surface area contributed by atoms with Crippen molar-refractivity contribution < 1.29 is 19.8 Å². The van der Waals surface area contributed by atoms with E-state index in [9.17, 15) is 19.5 Å².